The summed E-state index contributed by atoms with van der Waals surface area (Å²) in [6.45, 7) is 1.30. The SMILES string of the molecule is COc1ccc(S(=O)(=O)N(CC(=O)N[C@H](C)c2cc(OC)ccc2OC)c2ccccc2OC)cc1. The van der Waals surface area contributed by atoms with E-state index in [1.54, 1.807) is 68.6 Å². The number of hydrogen-bond donors (Lipinski definition) is 1. The number of nitrogens with one attached hydrogen (secondary N) is 1. The van der Waals surface area contributed by atoms with E-state index in [4.69, 9.17) is 18.9 Å². The van der Waals surface area contributed by atoms with Gasteiger partial charge in [-0.05, 0) is 61.5 Å². The molecule has 10 heteroatoms. The molecular weight excluding hydrogens is 484 g/mol. The van der Waals surface area contributed by atoms with Crippen LogP contribution in [0.15, 0.2) is 71.6 Å². The number of carbonyl (C=O) groups is 1. The molecule has 0 aliphatic carbocycles. The molecule has 0 saturated carbocycles. The second-order valence-electron chi connectivity index (χ2n) is 7.76. The highest BCUT2D eigenvalue weighted by atomic mass is 32.2. The number of rotatable bonds is 11. The lowest BCUT2D eigenvalue weighted by Gasteiger charge is -2.26. The van der Waals surface area contributed by atoms with Gasteiger partial charge in [-0.25, -0.2) is 8.42 Å². The number of para-hydroxylation sites is 2. The third-order valence-corrected chi connectivity index (χ3v) is 7.34. The fourth-order valence-electron chi connectivity index (χ4n) is 3.68. The predicted octanol–water partition coefficient (Wildman–Crippen LogP) is 3.79. The maximum atomic E-state index is 13.7. The zero-order valence-corrected chi connectivity index (χ0v) is 21.7. The molecule has 1 N–H and O–H groups in total. The number of sulfonamides is 1. The molecule has 0 aromatic heterocycles. The van der Waals surface area contributed by atoms with Crippen molar-refractivity contribution in [2.75, 3.05) is 39.3 Å². The summed E-state index contributed by atoms with van der Waals surface area (Å²) in [4.78, 5) is 13.2. The molecule has 0 aliphatic rings. The Morgan fingerprint density at radius 2 is 1.44 bits per heavy atom. The van der Waals surface area contributed by atoms with E-state index in [0.29, 0.717) is 28.6 Å². The van der Waals surface area contributed by atoms with Crippen LogP contribution in [0.2, 0.25) is 0 Å². The zero-order valence-electron chi connectivity index (χ0n) is 20.8. The van der Waals surface area contributed by atoms with E-state index < -0.39 is 28.5 Å². The lowest BCUT2D eigenvalue weighted by Crippen LogP contribution is -2.41. The number of nitrogens with zero attached hydrogens (tertiary/aromatic N) is 1. The minimum atomic E-state index is -4.14. The lowest BCUT2D eigenvalue weighted by molar-refractivity contribution is -0.120. The Morgan fingerprint density at radius 1 is 0.833 bits per heavy atom. The maximum absolute atomic E-state index is 13.7. The van der Waals surface area contributed by atoms with E-state index in [-0.39, 0.29) is 10.6 Å². The van der Waals surface area contributed by atoms with E-state index in [1.165, 1.54) is 33.5 Å². The molecule has 1 amide bonds. The Labute approximate surface area is 211 Å². The standard InChI is InChI=1S/C26H30N2O7S/c1-18(22-16-20(33-3)12-15-24(22)34-4)27-26(29)17-28(23-8-6-7-9-25(23)35-5)36(30,31)21-13-10-19(32-2)11-14-21/h6-16,18H,17H2,1-5H3,(H,27,29)/t18-/m1/s1. The summed E-state index contributed by atoms with van der Waals surface area (Å²) in [5.41, 5.74) is 0.921. The normalized spacial score (nSPS) is 11.8. The second-order valence-corrected chi connectivity index (χ2v) is 9.62. The van der Waals surface area contributed by atoms with Crippen LogP contribution in [0, 0.1) is 0 Å². The summed E-state index contributed by atoms with van der Waals surface area (Å²) in [5, 5.41) is 2.86. The van der Waals surface area contributed by atoms with Crippen molar-refractivity contribution in [2.24, 2.45) is 0 Å². The van der Waals surface area contributed by atoms with Gasteiger partial charge in [-0.1, -0.05) is 12.1 Å². The van der Waals surface area contributed by atoms with E-state index in [0.717, 1.165) is 4.31 Å². The highest BCUT2D eigenvalue weighted by molar-refractivity contribution is 7.92. The molecule has 36 heavy (non-hydrogen) atoms. The number of hydrogen-bond acceptors (Lipinski definition) is 7. The molecule has 3 rings (SSSR count). The van der Waals surface area contributed by atoms with E-state index in [2.05, 4.69) is 5.32 Å². The average molecular weight is 515 g/mol. The summed E-state index contributed by atoms with van der Waals surface area (Å²) < 4.78 is 49.6. The molecule has 3 aromatic carbocycles. The molecular formula is C26H30N2O7S. The molecule has 0 heterocycles. The van der Waals surface area contributed by atoms with Crippen LogP contribution in [0.1, 0.15) is 18.5 Å². The number of carbonyl (C=O) groups excluding carboxylic acids is 1. The third-order valence-electron chi connectivity index (χ3n) is 5.57. The van der Waals surface area contributed by atoms with Crippen molar-refractivity contribution < 1.29 is 32.2 Å². The molecule has 0 spiro atoms. The van der Waals surface area contributed by atoms with Crippen LogP contribution in [0.25, 0.3) is 0 Å². The Kier molecular flexibility index (Phi) is 8.65. The zero-order chi connectivity index (χ0) is 26.3. The van der Waals surface area contributed by atoms with Gasteiger partial charge in [-0.2, -0.15) is 0 Å². The minimum Gasteiger partial charge on any atom is -0.497 e. The molecule has 3 aromatic rings. The number of anilines is 1. The van der Waals surface area contributed by atoms with Crippen molar-refractivity contribution in [2.45, 2.75) is 17.9 Å². The highest BCUT2D eigenvalue weighted by Crippen LogP contribution is 2.33. The molecule has 0 unspecified atom stereocenters. The number of methoxy groups -OCH3 is 4. The topological polar surface area (TPSA) is 103 Å². The van der Waals surface area contributed by atoms with Gasteiger partial charge in [-0.15, -0.1) is 0 Å². The maximum Gasteiger partial charge on any atom is 0.264 e. The molecule has 0 radical (unpaired) electrons. The van der Waals surface area contributed by atoms with Crippen LogP contribution in [-0.2, 0) is 14.8 Å². The van der Waals surface area contributed by atoms with Crippen molar-refractivity contribution in [1.82, 2.24) is 5.32 Å². The van der Waals surface area contributed by atoms with Crippen LogP contribution in [0.4, 0.5) is 5.69 Å². The fraction of sp³-hybridized carbons (Fsp3) is 0.269. The first-order valence-corrected chi connectivity index (χ1v) is 12.5. The van der Waals surface area contributed by atoms with E-state index in [1.807, 2.05) is 0 Å². The Morgan fingerprint density at radius 3 is 2.06 bits per heavy atom. The van der Waals surface area contributed by atoms with Crippen molar-refractivity contribution in [3.8, 4) is 23.0 Å². The van der Waals surface area contributed by atoms with Gasteiger partial charge < -0.3 is 24.3 Å². The van der Waals surface area contributed by atoms with Crippen LogP contribution >= 0.6 is 0 Å². The van der Waals surface area contributed by atoms with Gasteiger partial charge >= 0.3 is 0 Å². The smallest absolute Gasteiger partial charge is 0.264 e. The first-order chi connectivity index (χ1) is 17.2. The summed E-state index contributed by atoms with van der Waals surface area (Å²) in [5.74, 6) is 1.47. The predicted molar refractivity (Wildman–Crippen MR) is 137 cm³/mol. The summed E-state index contributed by atoms with van der Waals surface area (Å²) in [6.07, 6.45) is 0. The molecule has 192 valence electrons. The molecule has 0 fully saturated rings. The lowest BCUT2D eigenvalue weighted by atomic mass is 10.1. The monoisotopic (exact) mass is 514 g/mol. The van der Waals surface area contributed by atoms with Gasteiger partial charge in [0.05, 0.1) is 45.1 Å². The van der Waals surface area contributed by atoms with Gasteiger partial charge in [0.1, 0.15) is 29.5 Å². The van der Waals surface area contributed by atoms with Crippen molar-refractivity contribution in [3.05, 3.63) is 72.3 Å². The Bertz CT molecular complexity index is 1290. The molecule has 1 atom stereocenters. The van der Waals surface area contributed by atoms with E-state index >= 15 is 0 Å². The quantitative estimate of drug-likeness (QED) is 0.415. The van der Waals surface area contributed by atoms with Gasteiger partial charge in [-0.3, -0.25) is 9.10 Å². The number of ether oxygens (including phenoxy) is 4. The van der Waals surface area contributed by atoms with E-state index in [9.17, 15) is 13.2 Å². The molecule has 0 bridgehead atoms. The molecule has 9 nitrogen and oxygen atoms in total. The average Bonchev–Trinajstić information content (AvgIpc) is 2.91. The first kappa shape index (κ1) is 26.7. The van der Waals surface area contributed by atoms with Crippen LogP contribution in [0.5, 0.6) is 23.0 Å². The summed E-state index contributed by atoms with van der Waals surface area (Å²) >= 11 is 0. The fourth-order valence-corrected chi connectivity index (χ4v) is 5.11. The van der Waals surface area contributed by atoms with Gasteiger partial charge in [0, 0.05) is 5.56 Å². The minimum absolute atomic E-state index is 0.00418. The molecule has 0 aliphatic heterocycles. The summed E-state index contributed by atoms with van der Waals surface area (Å²) in [6, 6.07) is 17.3. The summed E-state index contributed by atoms with van der Waals surface area (Å²) in [7, 11) is 1.87. The largest absolute Gasteiger partial charge is 0.497 e. The number of benzene rings is 3. The highest BCUT2D eigenvalue weighted by Gasteiger charge is 2.30. The number of amides is 1. The second kappa shape index (κ2) is 11.7. The third kappa shape index (κ3) is 5.83. The van der Waals surface area contributed by atoms with Crippen molar-refractivity contribution in [3.63, 3.8) is 0 Å². The van der Waals surface area contributed by atoms with Gasteiger partial charge in [0.25, 0.3) is 10.0 Å². The first-order valence-electron chi connectivity index (χ1n) is 11.1. The molecule has 0 saturated heterocycles. The van der Waals surface area contributed by atoms with Gasteiger partial charge in [0.15, 0.2) is 0 Å². The van der Waals surface area contributed by atoms with Crippen LogP contribution in [-0.4, -0.2) is 49.3 Å². The van der Waals surface area contributed by atoms with Crippen LogP contribution < -0.4 is 28.6 Å². The van der Waals surface area contributed by atoms with Crippen LogP contribution in [0.3, 0.4) is 0 Å². The Balaban J connectivity index is 1.95. The van der Waals surface area contributed by atoms with Crippen molar-refractivity contribution >= 4 is 21.6 Å². The van der Waals surface area contributed by atoms with Crippen molar-refractivity contribution in [1.29, 1.82) is 0 Å². The van der Waals surface area contributed by atoms with Gasteiger partial charge in [0.2, 0.25) is 5.91 Å². The Hall–Kier alpha value is -3.92.